The zero-order valence-electron chi connectivity index (χ0n) is 7.51. The number of rotatable bonds is 4. The normalized spacial score (nSPS) is 22.6. The third-order valence-corrected chi connectivity index (χ3v) is 1.90. The van der Waals surface area contributed by atoms with Crippen molar-refractivity contribution in [2.24, 2.45) is 0 Å². The predicted octanol–water partition coefficient (Wildman–Crippen LogP) is 1.24. The van der Waals surface area contributed by atoms with Crippen LogP contribution in [0.5, 0.6) is 0 Å². The fraction of sp³-hybridized carbons (Fsp3) is 0.778. The molecule has 1 saturated heterocycles. The fourth-order valence-electron chi connectivity index (χ4n) is 1.17. The van der Waals surface area contributed by atoms with E-state index in [-0.39, 0.29) is 12.1 Å². The Balaban J connectivity index is 2.08. The number of carbonyl (C=O) groups excluding carboxylic acids is 1. The van der Waals surface area contributed by atoms with Crippen molar-refractivity contribution in [2.45, 2.75) is 38.7 Å². The molecule has 0 aromatic rings. The Labute approximate surface area is 73.5 Å². The smallest absolute Gasteiger partial charge is 0.306 e. The van der Waals surface area contributed by atoms with E-state index in [0.29, 0.717) is 6.42 Å². The molecular formula is C9H16NO2. The van der Waals surface area contributed by atoms with Gasteiger partial charge in [0, 0.05) is 25.9 Å². The molecule has 1 heterocycles. The number of unbranched alkanes of at least 4 members (excludes halogenated alkanes) is 1. The summed E-state index contributed by atoms with van der Waals surface area (Å²) in [6.45, 7) is 4.79. The predicted molar refractivity (Wildman–Crippen MR) is 46.3 cm³/mol. The van der Waals surface area contributed by atoms with Gasteiger partial charge in [-0.15, -0.1) is 0 Å². The van der Waals surface area contributed by atoms with Crippen LogP contribution in [0, 0.1) is 6.54 Å². The molecule has 0 aliphatic carbocycles. The number of esters is 1. The van der Waals surface area contributed by atoms with Crippen molar-refractivity contribution in [1.82, 2.24) is 5.32 Å². The molecule has 69 valence electrons. The molecule has 3 heteroatoms. The van der Waals surface area contributed by atoms with Crippen LogP contribution in [-0.2, 0) is 9.53 Å². The van der Waals surface area contributed by atoms with Crippen molar-refractivity contribution < 1.29 is 9.53 Å². The SMILES string of the molecule is CCCCC(=O)OC1C[CH]NC1. The van der Waals surface area contributed by atoms with Gasteiger partial charge in [0.1, 0.15) is 6.10 Å². The summed E-state index contributed by atoms with van der Waals surface area (Å²) in [6, 6.07) is 0. The van der Waals surface area contributed by atoms with E-state index in [1.54, 1.807) is 0 Å². The summed E-state index contributed by atoms with van der Waals surface area (Å²) < 4.78 is 5.18. The molecule has 1 unspecified atom stereocenters. The Hall–Kier alpha value is -0.570. The van der Waals surface area contributed by atoms with Gasteiger partial charge in [0.2, 0.25) is 0 Å². The van der Waals surface area contributed by atoms with Gasteiger partial charge in [-0.1, -0.05) is 13.3 Å². The topological polar surface area (TPSA) is 38.3 Å². The first-order valence-electron chi connectivity index (χ1n) is 4.57. The van der Waals surface area contributed by atoms with E-state index in [4.69, 9.17) is 4.74 Å². The monoisotopic (exact) mass is 170 g/mol. The molecule has 1 N–H and O–H groups in total. The van der Waals surface area contributed by atoms with Crippen LogP contribution in [0.2, 0.25) is 0 Å². The van der Waals surface area contributed by atoms with Crippen molar-refractivity contribution in [3.8, 4) is 0 Å². The maximum atomic E-state index is 11.1. The average Bonchev–Trinajstić information content (AvgIpc) is 2.53. The molecule has 0 aromatic carbocycles. The minimum Gasteiger partial charge on any atom is -0.461 e. The van der Waals surface area contributed by atoms with Gasteiger partial charge in [-0.2, -0.15) is 0 Å². The van der Waals surface area contributed by atoms with Gasteiger partial charge in [-0.05, 0) is 6.42 Å². The van der Waals surface area contributed by atoms with E-state index in [1.807, 2.05) is 6.54 Å². The second kappa shape index (κ2) is 5.14. The molecule has 1 rings (SSSR count). The lowest BCUT2D eigenvalue weighted by Gasteiger charge is -2.09. The first-order chi connectivity index (χ1) is 5.83. The zero-order chi connectivity index (χ0) is 8.81. The second-order valence-electron chi connectivity index (χ2n) is 3.06. The molecule has 0 aromatic heterocycles. The fourth-order valence-corrected chi connectivity index (χ4v) is 1.17. The maximum Gasteiger partial charge on any atom is 0.306 e. The minimum atomic E-state index is -0.0565. The van der Waals surface area contributed by atoms with E-state index >= 15 is 0 Å². The quantitative estimate of drug-likeness (QED) is 0.645. The third kappa shape index (κ3) is 3.22. The molecule has 0 saturated carbocycles. The van der Waals surface area contributed by atoms with Crippen LogP contribution in [0.15, 0.2) is 0 Å². The summed E-state index contributed by atoms with van der Waals surface area (Å²) in [5.74, 6) is -0.0565. The van der Waals surface area contributed by atoms with E-state index < -0.39 is 0 Å². The van der Waals surface area contributed by atoms with Gasteiger partial charge in [-0.3, -0.25) is 4.79 Å². The summed E-state index contributed by atoms with van der Waals surface area (Å²) in [6.07, 6.45) is 3.46. The van der Waals surface area contributed by atoms with Crippen molar-refractivity contribution in [2.75, 3.05) is 6.54 Å². The van der Waals surface area contributed by atoms with Crippen molar-refractivity contribution in [3.05, 3.63) is 6.54 Å². The van der Waals surface area contributed by atoms with E-state index in [0.717, 1.165) is 25.8 Å². The van der Waals surface area contributed by atoms with Gasteiger partial charge in [0.25, 0.3) is 0 Å². The molecule has 12 heavy (non-hydrogen) atoms. The summed E-state index contributed by atoms with van der Waals surface area (Å²) in [5.41, 5.74) is 0. The van der Waals surface area contributed by atoms with Crippen LogP contribution < -0.4 is 5.32 Å². The lowest BCUT2D eigenvalue weighted by molar-refractivity contribution is -0.148. The van der Waals surface area contributed by atoms with Crippen molar-refractivity contribution >= 4 is 5.97 Å². The molecule has 3 nitrogen and oxygen atoms in total. The molecular weight excluding hydrogens is 154 g/mol. The first-order valence-corrected chi connectivity index (χ1v) is 4.57. The molecule has 1 fully saturated rings. The summed E-state index contributed by atoms with van der Waals surface area (Å²) >= 11 is 0. The van der Waals surface area contributed by atoms with Crippen LogP contribution in [0.4, 0.5) is 0 Å². The molecule has 1 aliphatic heterocycles. The average molecular weight is 170 g/mol. The summed E-state index contributed by atoms with van der Waals surface area (Å²) in [4.78, 5) is 11.1. The molecule has 1 atom stereocenters. The Bertz CT molecular complexity index is 141. The molecule has 1 radical (unpaired) electrons. The number of hydrogen-bond donors (Lipinski definition) is 1. The van der Waals surface area contributed by atoms with Crippen LogP contribution in [0.25, 0.3) is 0 Å². The number of ether oxygens (including phenoxy) is 1. The Morgan fingerprint density at radius 1 is 1.75 bits per heavy atom. The molecule has 0 spiro atoms. The minimum absolute atomic E-state index is 0.0565. The molecule has 1 aliphatic rings. The Morgan fingerprint density at radius 3 is 3.17 bits per heavy atom. The number of nitrogens with one attached hydrogen (secondary N) is 1. The van der Waals surface area contributed by atoms with Gasteiger partial charge >= 0.3 is 5.97 Å². The van der Waals surface area contributed by atoms with Gasteiger partial charge in [-0.25, -0.2) is 0 Å². The number of hydrogen-bond acceptors (Lipinski definition) is 3. The first kappa shape index (κ1) is 9.52. The lowest BCUT2D eigenvalue weighted by atomic mass is 10.2. The largest absolute Gasteiger partial charge is 0.461 e. The van der Waals surface area contributed by atoms with Crippen LogP contribution in [0.1, 0.15) is 32.6 Å². The lowest BCUT2D eigenvalue weighted by Crippen LogP contribution is -2.20. The van der Waals surface area contributed by atoms with Crippen molar-refractivity contribution in [3.63, 3.8) is 0 Å². The summed E-state index contributed by atoms with van der Waals surface area (Å²) in [7, 11) is 0. The van der Waals surface area contributed by atoms with Gasteiger partial charge in [0.15, 0.2) is 0 Å². The molecule has 0 bridgehead atoms. The second-order valence-corrected chi connectivity index (χ2v) is 3.06. The third-order valence-electron chi connectivity index (χ3n) is 1.90. The summed E-state index contributed by atoms with van der Waals surface area (Å²) in [5, 5.41) is 3.03. The Morgan fingerprint density at radius 2 is 2.58 bits per heavy atom. The van der Waals surface area contributed by atoms with Gasteiger partial charge < -0.3 is 10.1 Å². The highest BCUT2D eigenvalue weighted by Crippen LogP contribution is 2.08. The maximum absolute atomic E-state index is 11.1. The highest BCUT2D eigenvalue weighted by atomic mass is 16.5. The number of carbonyl (C=O) groups is 1. The highest BCUT2D eigenvalue weighted by Gasteiger charge is 2.18. The standard InChI is InChI=1S/C9H16NO2/c1-2-3-4-9(11)12-8-5-6-10-7-8/h6,8,10H,2-5,7H2,1H3. The van der Waals surface area contributed by atoms with Crippen LogP contribution >= 0.6 is 0 Å². The zero-order valence-corrected chi connectivity index (χ0v) is 7.51. The van der Waals surface area contributed by atoms with Crippen molar-refractivity contribution in [1.29, 1.82) is 0 Å². The highest BCUT2D eigenvalue weighted by molar-refractivity contribution is 5.69. The molecule has 0 amide bonds. The van der Waals surface area contributed by atoms with E-state index in [2.05, 4.69) is 12.2 Å². The van der Waals surface area contributed by atoms with E-state index in [9.17, 15) is 4.79 Å². The Kier molecular flexibility index (Phi) is 4.08. The van der Waals surface area contributed by atoms with E-state index in [1.165, 1.54) is 0 Å². The van der Waals surface area contributed by atoms with Crippen LogP contribution in [-0.4, -0.2) is 18.6 Å². The van der Waals surface area contributed by atoms with Gasteiger partial charge in [0.05, 0.1) is 0 Å². The van der Waals surface area contributed by atoms with Crippen LogP contribution in [0.3, 0.4) is 0 Å².